The van der Waals surface area contributed by atoms with Crippen LogP contribution in [0.15, 0.2) is 41.0 Å². The molecule has 0 aliphatic heterocycles. The molecule has 1 amide bonds. The number of hydrogen-bond donors (Lipinski definition) is 1. The molecule has 0 aliphatic rings. The number of nitrogens with zero attached hydrogens (tertiary/aromatic N) is 1. The lowest BCUT2D eigenvalue weighted by Gasteiger charge is -2.10. The van der Waals surface area contributed by atoms with E-state index in [4.69, 9.17) is 4.42 Å². The molecule has 4 nitrogen and oxygen atoms in total. The summed E-state index contributed by atoms with van der Waals surface area (Å²) >= 11 is 1.45. The van der Waals surface area contributed by atoms with Gasteiger partial charge in [-0.15, -0.1) is 11.3 Å². The molecule has 1 N–H and O–H groups in total. The Kier molecular flexibility index (Phi) is 3.81. The summed E-state index contributed by atoms with van der Waals surface area (Å²) in [4.78, 5) is 17.8. The van der Waals surface area contributed by atoms with Crippen LogP contribution in [0, 0.1) is 20.8 Å². The highest BCUT2D eigenvalue weighted by molar-refractivity contribution is 7.15. The molecule has 0 saturated carbocycles. The molecule has 1 aromatic carbocycles. The summed E-state index contributed by atoms with van der Waals surface area (Å²) in [7, 11) is 0. The summed E-state index contributed by atoms with van der Waals surface area (Å²) in [6.07, 6.45) is 1.60. The third kappa shape index (κ3) is 2.67. The summed E-state index contributed by atoms with van der Waals surface area (Å²) in [5, 5.41) is 3.69. The van der Waals surface area contributed by atoms with Crippen LogP contribution in [0.25, 0.3) is 10.8 Å². The average Bonchev–Trinajstić information content (AvgIpc) is 3.12. The predicted molar refractivity (Wildman–Crippen MR) is 88.4 cm³/mol. The van der Waals surface area contributed by atoms with Gasteiger partial charge in [0.1, 0.15) is 5.69 Å². The number of carbonyl (C=O) groups is 1. The minimum absolute atomic E-state index is 0.191. The number of furan rings is 1. The van der Waals surface area contributed by atoms with Crippen molar-refractivity contribution in [2.45, 2.75) is 20.8 Å². The van der Waals surface area contributed by atoms with Crippen LogP contribution in [0.3, 0.4) is 0 Å². The lowest BCUT2D eigenvalue weighted by molar-refractivity contribution is 0.102. The Bertz CT molecular complexity index is 799. The molecule has 3 rings (SSSR count). The van der Waals surface area contributed by atoms with E-state index in [0.717, 1.165) is 21.7 Å². The molecular weight excluding hydrogens is 296 g/mol. The van der Waals surface area contributed by atoms with E-state index in [1.807, 2.05) is 51.1 Å². The van der Waals surface area contributed by atoms with Crippen molar-refractivity contribution in [1.29, 1.82) is 0 Å². The van der Waals surface area contributed by atoms with Gasteiger partial charge in [0, 0.05) is 10.6 Å². The first-order valence-electron chi connectivity index (χ1n) is 6.95. The van der Waals surface area contributed by atoms with Crippen LogP contribution in [0.5, 0.6) is 0 Å². The van der Waals surface area contributed by atoms with Crippen molar-refractivity contribution >= 4 is 22.9 Å². The SMILES string of the molecule is Cc1cccc(C)c1NC(=O)c1nc(-c2ccco2)sc1C. The fourth-order valence-corrected chi connectivity index (χ4v) is 3.18. The first-order chi connectivity index (χ1) is 10.6. The summed E-state index contributed by atoms with van der Waals surface area (Å²) in [6.45, 7) is 5.85. The van der Waals surface area contributed by atoms with Crippen LogP contribution in [-0.2, 0) is 0 Å². The molecule has 3 aromatic rings. The zero-order valence-corrected chi connectivity index (χ0v) is 13.5. The van der Waals surface area contributed by atoms with Crippen LogP contribution in [0.4, 0.5) is 5.69 Å². The van der Waals surface area contributed by atoms with Gasteiger partial charge in [0.15, 0.2) is 10.8 Å². The lowest BCUT2D eigenvalue weighted by Crippen LogP contribution is -2.15. The highest BCUT2D eigenvalue weighted by Gasteiger charge is 2.18. The molecular formula is C17H16N2O2S. The molecule has 2 aromatic heterocycles. The molecule has 2 heterocycles. The quantitative estimate of drug-likeness (QED) is 0.770. The summed E-state index contributed by atoms with van der Waals surface area (Å²) in [6, 6.07) is 9.58. The van der Waals surface area contributed by atoms with E-state index in [1.165, 1.54) is 11.3 Å². The minimum Gasteiger partial charge on any atom is -0.462 e. The first kappa shape index (κ1) is 14.5. The average molecular weight is 312 g/mol. The van der Waals surface area contributed by atoms with Gasteiger partial charge in [0.2, 0.25) is 0 Å². The number of hydrogen-bond acceptors (Lipinski definition) is 4. The Morgan fingerprint density at radius 2 is 1.86 bits per heavy atom. The second kappa shape index (κ2) is 5.77. The third-order valence-electron chi connectivity index (χ3n) is 3.46. The highest BCUT2D eigenvalue weighted by Crippen LogP contribution is 2.29. The van der Waals surface area contributed by atoms with Crippen molar-refractivity contribution in [3.8, 4) is 10.8 Å². The molecule has 5 heteroatoms. The predicted octanol–water partition coefficient (Wildman–Crippen LogP) is 4.58. The Balaban J connectivity index is 1.90. The maximum absolute atomic E-state index is 12.5. The molecule has 0 bridgehead atoms. The molecule has 22 heavy (non-hydrogen) atoms. The minimum atomic E-state index is -0.191. The molecule has 0 aliphatic carbocycles. The van der Waals surface area contributed by atoms with E-state index in [0.29, 0.717) is 16.5 Å². The number of rotatable bonds is 3. The maximum atomic E-state index is 12.5. The van der Waals surface area contributed by atoms with Crippen molar-refractivity contribution in [3.05, 3.63) is 58.3 Å². The third-order valence-corrected chi connectivity index (χ3v) is 4.45. The topological polar surface area (TPSA) is 55.1 Å². The zero-order valence-electron chi connectivity index (χ0n) is 12.6. The fraction of sp³-hybridized carbons (Fsp3) is 0.176. The Labute approximate surface area is 132 Å². The Hall–Kier alpha value is -2.40. The fourth-order valence-electron chi connectivity index (χ4n) is 2.30. The van der Waals surface area contributed by atoms with Gasteiger partial charge in [-0.1, -0.05) is 18.2 Å². The lowest BCUT2D eigenvalue weighted by atomic mass is 10.1. The summed E-state index contributed by atoms with van der Waals surface area (Å²) in [5.74, 6) is 0.489. The molecule has 0 spiro atoms. The monoisotopic (exact) mass is 312 g/mol. The smallest absolute Gasteiger partial charge is 0.275 e. The number of thiazole rings is 1. The number of amides is 1. The molecule has 0 unspecified atom stereocenters. The largest absolute Gasteiger partial charge is 0.462 e. The molecule has 112 valence electrons. The van der Waals surface area contributed by atoms with Gasteiger partial charge in [-0.25, -0.2) is 4.98 Å². The van der Waals surface area contributed by atoms with Crippen molar-refractivity contribution in [3.63, 3.8) is 0 Å². The Morgan fingerprint density at radius 1 is 1.14 bits per heavy atom. The molecule has 0 fully saturated rings. The number of benzene rings is 1. The molecule has 0 radical (unpaired) electrons. The van der Waals surface area contributed by atoms with Crippen LogP contribution in [0.2, 0.25) is 0 Å². The number of para-hydroxylation sites is 1. The standard InChI is InChI=1S/C17H16N2O2S/c1-10-6-4-7-11(2)14(10)18-16(20)15-12(3)22-17(19-15)13-8-5-9-21-13/h4-9H,1-3H3,(H,18,20). The van der Waals surface area contributed by atoms with E-state index in [9.17, 15) is 4.79 Å². The van der Waals surface area contributed by atoms with Crippen molar-refractivity contribution in [1.82, 2.24) is 4.98 Å². The van der Waals surface area contributed by atoms with Gasteiger partial charge < -0.3 is 9.73 Å². The summed E-state index contributed by atoms with van der Waals surface area (Å²) in [5.41, 5.74) is 3.36. The molecule has 0 atom stereocenters. The first-order valence-corrected chi connectivity index (χ1v) is 7.77. The normalized spacial score (nSPS) is 10.7. The van der Waals surface area contributed by atoms with Crippen molar-refractivity contribution < 1.29 is 9.21 Å². The Morgan fingerprint density at radius 3 is 2.50 bits per heavy atom. The van der Waals surface area contributed by atoms with E-state index in [1.54, 1.807) is 6.26 Å². The zero-order chi connectivity index (χ0) is 15.7. The summed E-state index contributed by atoms with van der Waals surface area (Å²) < 4.78 is 5.34. The van der Waals surface area contributed by atoms with Gasteiger partial charge >= 0.3 is 0 Å². The number of anilines is 1. The van der Waals surface area contributed by atoms with Gasteiger partial charge in [-0.3, -0.25) is 4.79 Å². The van der Waals surface area contributed by atoms with Crippen LogP contribution in [0.1, 0.15) is 26.5 Å². The second-order valence-corrected chi connectivity index (χ2v) is 6.33. The van der Waals surface area contributed by atoms with Gasteiger partial charge in [0.25, 0.3) is 5.91 Å². The number of carbonyl (C=O) groups excluding carboxylic acids is 1. The van der Waals surface area contributed by atoms with E-state index >= 15 is 0 Å². The van der Waals surface area contributed by atoms with E-state index in [-0.39, 0.29) is 5.91 Å². The van der Waals surface area contributed by atoms with Crippen LogP contribution in [-0.4, -0.2) is 10.9 Å². The van der Waals surface area contributed by atoms with Crippen LogP contribution >= 0.6 is 11.3 Å². The maximum Gasteiger partial charge on any atom is 0.275 e. The number of aryl methyl sites for hydroxylation is 3. The number of nitrogens with one attached hydrogen (secondary N) is 1. The van der Waals surface area contributed by atoms with Gasteiger partial charge in [-0.2, -0.15) is 0 Å². The van der Waals surface area contributed by atoms with Crippen LogP contribution < -0.4 is 5.32 Å². The number of aromatic nitrogens is 1. The highest BCUT2D eigenvalue weighted by atomic mass is 32.1. The second-order valence-electron chi connectivity index (χ2n) is 5.12. The van der Waals surface area contributed by atoms with Gasteiger partial charge in [-0.05, 0) is 44.0 Å². The van der Waals surface area contributed by atoms with Crippen molar-refractivity contribution in [2.75, 3.05) is 5.32 Å². The van der Waals surface area contributed by atoms with Crippen molar-refractivity contribution in [2.24, 2.45) is 0 Å². The van der Waals surface area contributed by atoms with E-state index in [2.05, 4.69) is 10.3 Å². The van der Waals surface area contributed by atoms with E-state index < -0.39 is 0 Å². The molecule has 0 saturated heterocycles. The van der Waals surface area contributed by atoms with Gasteiger partial charge in [0.05, 0.1) is 6.26 Å².